The molecule has 0 atom stereocenters. The topological polar surface area (TPSA) is 18.5 Å². The zero-order valence-electron chi connectivity index (χ0n) is 6.82. The van der Waals surface area contributed by atoms with Crippen LogP contribution in [0.2, 0.25) is 0 Å². The van der Waals surface area contributed by atoms with E-state index in [0.717, 1.165) is 0 Å². The molecule has 0 fully saturated rings. The van der Waals surface area contributed by atoms with Crippen molar-refractivity contribution in [1.82, 2.24) is 0 Å². The first-order valence-electron chi connectivity index (χ1n) is 2.78. The van der Waals surface area contributed by atoms with Crippen LogP contribution in [0.1, 0.15) is 13.8 Å². The van der Waals surface area contributed by atoms with Crippen LogP contribution >= 0.6 is 0 Å². The molecule has 11 heavy (non-hydrogen) atoms. The Kier molecular flexibility index (Phi) is 6.56. The van der Waals surface area contributed by atoms with Gasteiger partial charge in [0.2, 0.25) is 6.79 Å². The van der Waals surface area contributed by atoms with Crippen LogP contribution in [0.25, 0.3) is 0 Å². The van der Waals surface area contributed by atoms with Gasteiger partial charge in [0, 0.05) is 0 Å². The van der Waals surface area contributed by atoms with Crippen molar-refractivity contribution in [3.63, 3.8) is 0 Å². The second-order valence-electron chi connectivity index (χ2n) is 1.76. The second-order valence-corrected chi connectivity index (χ2v) is 1.76. The van der Waals surface area contributed by atoms with E-state index >= 15 is 0 Å². The SMILES string of the molecule is C=C(C)OCOC(C)=[C-]F.[Rf]. The smallest absolute Gasteiger partial charge is 0.225 e. The minimum absolute atomic E-state index is 0. The van der Waals surface area contributed by atoms with Crippen LogP contribution < -0.4 is 0 Å². The van der Waals surface area contributed by atoms with E-state index in [1.165, 1.54) is 13.3 Å². The van der Waals surface area contributed by atoms with Crippen molar-refractivity contribution < 1.29 is 13.9 Å². The van der Waals surface area contributed by atoms with Crippen molar-refractivity contribution in [2.45, 2.75) is 13.8 Å². The Balaban J connectivity index is 0. The number of allylic oxidation sites excluding steroid dienone is 2. The van der Waals surface area contributed by atoms with Gasteiger partial charge in [0.15, 0.2) is 0 Å². The Hall–Kier alpha value is -1.99. The molecule has 0 aromatic carbocycles. The molecule has 0 saturated carbocycles. The second kappa shape index (κ2) is 6.13. The number of ether oxygens (including phenoxy) is 2. The number of halogens is 1. The molecule has 2 nitrogen and oxygen atoms in total. The summed E-state index contributed by atoms with van der Waals surface area (Å²) in [5.74, 6) is 0.605. The average Bonchev–Trinajstić information content (AvgIpc) is 1.87. The normalized spacial score (nSPS) is 9.91. The summed E-state index contributed by atoms with van der Waals surface area (Å²) in [6.07, 6.45) is 1.32. The van der Waals surface area contributed by atoms with Crippen molar-refractivity contribution in [3.05, 3.63) is 24.4 Å². The van der Waals surface area contributed by atoms with Crippen molar-refractivity contribution in [2.75, 3.05) is 6.79 Å². The number of rotatable bonds is 4. The van der Waals surface area contributed by atoms with Gasteiger partial charge in [0.1, 0.15) is 0 Å². The molecule has 0 bridgehead atoms. The van der Waals surface area contributed by atoms with E-state index in [1.807, 2.05) is 0 Å². The molecule has 60 valence electrons. The molecule has 0 aliphatic heterocycles. The third-order valence-electron chi connectivity index (χ3n) is 0.714. The van der Waals surface area contributed by atoms with Gasteiger partial charge in [-0.05, 0) is 13.8 Å². The molecule has 0 aromatic heterocycles. The molecule has 0 spiro atoms. The van der Waals surface area contributed by atoms with Gasteiger partial charge in [-0.2, -0.15) is 0 Å². The van der Waals surface area contributed by atoms with Crippen LogP contribution in [0.5, 0.6) is 0 Å². The van der Waals surface area contributed by atoms with Gasteiger partial charge in [-0.25, -0.2) is 0 Å². The number of hydrogen-bond donors (Lipinski definition) is 0. The molecule has 0 aromatic rings. The molecule has 0 heterocycles. The molecule has 0 aliphatic carbocycles. The van der Waals surface area contributed by atoms with E-state index in [4.69, 9.17) is 4.74 Å². The molecule has 0 saturated heterocycles. The van der Waals surface area contributed by atoms with Crippen LogP contribution in [-0.2, 0) is 9.47 Å². The summed E-state index contributed by atoms with van der Waals surface area (Å²) >= 11 is 0. The summed E-state index contributed by atoms with van der Waals surface area (Å²) in [5.41, 5.74) is 0. The van der Waals surface area contributed by atoms with Crippen molar-refractivity contribution in [2.24, 2.45) is 0 Å². The van der Waals surface area contributed by atoms with Crippen LogP contribution in [0.15, 0.2) is 18.1 Å². The van der Waals surface area contributed by atoms with Crippen LogP contribution in [0, 0.1) is 6.33 Å². The summed E-state index contributed by atoms with van der Waals surface area (Å²) in [4.78, 5) is 0. The molecular weight excluding hydrogens is 402 g/mol. The Bertz CT molecular complexity index is 145. The molecule has 0 N–H and O–H groups in total. The van der Waals surface area contributed by atoms with Gasteiger partial charge in [-0.1, -0.05) is 12.3 Å². The van der Waals surface area contributed by atoms with E-state index in [1.54, 1.807) is 6.92 Å². The third kappa shape index (κ3) is 8.01. The first-order chi connectivity index (χ1) is 4.66. The van der Waals surface area contributed by atoms with E-state index in [9.17, 15) is 4.39 Å². The minimum atomic E-state index is -0.0158. The van der Waals surface area contributed by atoms with E-state index in [-0.39, 0.29) is 12.6 Å². The summed E-state index contributed by atoms with van der Waals surface area (Å²) in [7, 11) is 0. The summed E-state index contributed by atoms with van der Waals surface area (Å²) in [6, 6.07) is 0. The van der Waals surface area contributed by atoms with Gasteiger partial charge in [0.05, 0.1) is 5.76 Å². The maximum absolute atomic E-state index is 11.4. The van der Waals surface area contributed by atoms with Crippen molar-refractivity contribution in [1.29, 1.82) is 0 Å². The maximum Gasteiger partial charge on any atom is 0.225 e. The third-order valence-corrected chi connectivity index (χ3v) is 0.714. The molecular formula is C7H10FO2Rf-. The first-order valence-corrected chi connectivity index (χ1v) is 2.78. The predicted octanol–water partition coefficient (Wildman–Crippen LogP) is 2.14. The van der Waals surface area contributed by atoms with Gasteiger partial charge >= 0.3 is 0 Å². The van der Waals surface area contributed by atoms with Crippen LogP contribution in [0.4, 0.5) is 4.39 Å². The Morgan fingerprint density at radius 3 is 2.36 bits per heavy atom. The van der Waals surface area contributed by atoms with E-state index < -0.39 is 0 Å². The zero-order valence-corrected chi connectivity index (χ0v) is 13.2. The summed E-state index contributed by atoms with van der Waals surface area (Å²) < 4.78 is 20.8. The van der Waals surface area contributed by atoms with Crippen molar-refractivity contribution >= 4 is 0 Å². The minimum Gasteiger partial charge on any atom is -0.497 e. The van der Waals surface area contributed by atoms with Gasteiger partial charge in [-0.3, -0.25) is 6.33 Å². The Morgan fingerprint density at radius 1 is 1.45 bits per heavy atom. The zero-order chi connectivity index (χ0) is 7.98. The fraction of sp³-hybridized carbons (Fsp3) is 0.429. The molecule has 4 heteroatoms. The average molecular weight is 412 g/mol. The standard InChI is InChI=1S/C7H10FO2.Rf/c1-6(2)9-5-10-7(3)4-8;/h1,5H2,2-3H3;/q-1;. The Morgan fingerprint density at radius 2 is 2.00 bits per heavy atom. The predicted molar refractivity (Wildman–Crippen MR) is 35.4 cm³/mol. The van der Waals surface area contributed by atoms with Crippen LogP contribution in [-0.4, -0.2) is 6.79 Å². The Labute approximate surface area is 59.9 Å². The number of hydrogen-bond acceptors (Lipinski definition) is 2. The van der Waals surface area contributed by atoms with Gasteiger partial charge in [0.25, 0.3) is 0 Å². The molecule has 0 unspecified atom stereocenters. The largest absolute Gasteiger partial charge is 0.497 e. The van der Waals surface area contributed by atoms with Crippen molar-refractivity contribution in [3.8, 4) is 0 Å². The van der Waals surface area contributed by atoms with E-state index in [0.29, 0.717) is 5.76 Å². The molecule has 0 radical (unpaired) electrons. The fourth-order valence-electron chi connectivity index (χ4n) is 0.246. The van der Waals surface area contributed by atoms with Gasteiger partial charge < -0.3 is 13.9 Å². The molecule has 0 rings (SSSR count). The molecule has 0 aliphatic rings. The quantitative estimate of drug-likeness (QED) is 0.401. The monoisotopic (exact) mass is 412 g/mol. The van der Waals surface area contributed by atoms with Crippen LogP contribution in [0.3, 0.4) is 0 Å². The van der Waals surface area contributed by atoms with E-state index in [2.05, 4.69) is 11.3 Å². The summed E-state index contributed by atoms with van der Waals surface area (Å²) in [5, 5.41) is 0. The first kappa shape index (κ1) is 11.8. The maximum atomic E-state index is 11.4. The fourth-order valence-corrected chi connectivity index (χ4v) is 0.246. The molecule has 0 amide bonds. The summed E-state index contributed by atoms with van der Waals surface area (Å²) in [6.45, 7) is 6.56. The van der Waals surface area contributed by atoms with Gasteiger partial charge in [-0.15, -0.1) is 0 Å².